The number of hydrogen-bond donors (Lipinski definition) is 1. The van der Waals surface area contributed by atoms with Gasteiger partial charge in [0.2, 0.25) is 11.8 Å². The summed E-state index contributed by atoms with van der Waals surface area (Å²) in [7, 11) is -3.95. The van der Waals surface area contributed by atoms with Crippen LogP contribution in [0.2, 0.25) is 0 Å². The van der Waals surface area contributed by atoms with Gasteiger partial charge in [0, 0.05) is 11.3 Å². The first-order valence-corrected chi connectivity index (χ1v) is 14.5. The van der Waals surface area contributed by atoms with E-state index in [2.05, 4.69) is 19.9 Å². The van der Waals surface area contributed by atoms with Gasteiger partial charge in [0.15, 0.2) is 15.1 Å². The molecule has 37 heavy (non-hydrogen) atoms. The van der Waals surface area contributed by atoms with Crippen LogP contribution in [-0.4, -0.2) is 32.4 Å². The number of nitrogens with zero attached hydrogens (tertiary/aromatic N) is 3. The number of benzene rings is 3. The molecule has 190 valence electrons. The van der Waals surface area contributed by atoms with E-state index in [1.54, 1.807) is 48.5 Å². The number of sulfone groups is 1. The topological polar surface area (TPSA) is 138 Å². The van der Waals surface area contributed by atoms with E-state index in [-0.39, 0.29) is 34.9 Å². The number of fused-ring (bicyclic) bond motifs is 1. The molecule has 0 spiro atoms. The van der Waals surface area contributed by atoms with Crippen molar-refractivity contribution < 1.29 is 26.0 Å². The molecule has 1 N–H and O–H groups in total. The maximum atomic E-state index is 13.7. The summed E-state index contributed by atoms with van der Waals surface area (Å²) in [6.07, 6.45) is 0. The predicted octanol–water partition coefficient (Wildman–Crippen LogP) is 4.07. The van der Waals surface area contributed by atoms with Crippen LogP contribution in [0.5, 0.6) is 0 Å². The first-order chi connectivity index (χ1) is 17.8. The summed E-state index contributed by atoms with van der Waals surface area (Å²) in [5.41, 5.74) is 2.78. The second-order valence-corrected chi connectivity index (χ2v) is 11.9. The molecule has 0 amide bonds. The molecule has 0 aliphatic heterocycles. The van der Waals surface area contributed by atoms with Crippen molar-refractivity contribution in [1.29, 1.82) is 0 Å². The number of nitrogens with one attached hydrogen (secondary N) is 1. The summed E-state index contributed by atoms with van der Waals surface area (Å²) in [5, 5.41) is 6.59. The predicted molar refractivity (Wildman–Crippen MR) is 136 cm³/mol. The molecule has 13 heteroatoms. The molecule has 0 saturated carbocycles. The van der Waals surface area contributed by atoms with Crippen LogP contribution in [0.1, 0.15) is 27.6 Å². The van der Waals surface area contributed by atoms with Crippen LogP contribution in [0.3, 0.4) is 0 Å². The van der Waals surface area contributed by atoms with Crippen LogP contribution >= 0.6 is 11.3 Å². The van der Waals surface area contributed by atoms with Crippen molar-refractivity contribution in [3.63, 3.8) is 0 Å². The van der Waals surface area contributed by atoms with Gasteiger partial charge in [0.05, 0.1) is 22.5 Å². The molecule has 0 aliphatic rings. The molecule has 5 aromatic rings. The van der Waals surface area contributed by atoms with E-state index >= 15 is 0 Å². The minimum atomic E-state index is -3.95. The maximum Gasteiger partial charge on any atom is 0.241 e. The lowest BCUT2D eigenvalue weighted by Crippen LogP contribution is -2.17. The summed E-state index contributed by atoms with van der Waals surface area (Å²) in [5.74, 6) is -0.927. The summed E-state index contributed by atoms with van der Waals surface area (Å²) in [6.45, 7) is -0.282. The van der Waals surface area contributed by atoms with E-state index in [0.717, 1.165) is 15.8 Å². The maximum absolute atomic E-state index is 13.7. The van der Waals surface area contributed by atoms with E-state index in [1.165, 1.54) is 23.5 Å². The quantitative estimate of drug-likeness (QED) is 0.268. The van der Waals surface area contributed by atoms with Gasteiger partial charge in [0.25, 0.3) is 0 Å². The Kier molecular flexibility index (Phi) is 7.22. The first-order valence-electron chi connectivity index (χ1n) is 10.9. The highest BCUT2D eigenvalue weighted by Gasteiger charge is 2.37. The second kappa shape index (κ2) is 10.6. The zero-order valence-electron chi connectivity index (χ0n) is 18.9. The third kappa shape index (κ3) is 5.81. The Labute approximate surface area is 217 Å². The van der Waals surface area contributed by atoms with Crippen LogP contribution in [0, 0.1) is 5.82 Å². The molecule has 2 aromatic heterocycles. The number of hydrogen-bond acceptors (Lipinski definition) is 9. The number of halogens is 1. The van der Waals surface area contributed by atoms with Crippen molar-refractivity contribution in [3.8, 4) is 11.1 Å². The molecule has 5 rings (SSSR count). The fourth-order valence-corrected chi connectivity index (χ4v) is 7.14. The van der Waals surface area contributed by atoms with Crippen LogP contribution in [0.15, 0.2) is 77.2 Å². The van der Waals surface area contributed by atoms with Gasteiger partial charge in [-0.1, -0.05) is 48.5 Å². The van der Waals surface area contributed by atoms with Crippen LogP contribution in [-0.2, 0) is 33.4 Å². The highest BCUT2D eigenvalue weighted by molar-refractivity contribution is 7.91. The van der Waals surface area contributed by atoms with E-state index in [4.69, 9.17) is 4.42 Å². The molecule has 0 radical (unpaired) electrons. The van der Waals surface area contributed by atoms with E-state index in [0.29, 0.717) is 11.1 Å². The van der Waals surface area contributed by atoms with Gasteiger partial charge >= 0.3 is 0 Å². The molecule has 2 heterocycles. The third-order valence-corrected chi connectivity index (χ3v) is 8.92. The number of rotatable bonds is 9. The Morgan fingerprint density at radius 2 is 1.76 bits per heavy atom. The van der Waals surface area contributed by atoms with Crippen LogP contribution < -0.4 is 4.72 Å². The Bertz CT molecular complexity index is 1670. The Morgan fingerprint density at radius 3 is 2.49 bits per heavy atom. The highest BCUT2D eigenvalue weighted by atomic mass is 32.2. The average Bonchev–Trinajstić information content (AvgIpc) is 3.50. The zero-order chi connectivity index (χ0) is 26.0. The molecular weight excluding hydrogens is 539 g/mol. The smallest absolute Gasteiger partial charge is 0.241 e. The van der Waals surface area contributed by atoms with Crippen LogP contribution in [0.4, 0.5) is 4.39 Å². The van der Waals surface area contributed by atoms with Crippen LogP contribution in [0.25, 0.3) is 21.3 Å². The van der Waals surface area contributed by atoms with Crippen molar-refractivity contribution >= 4 is 42.7 Å². The Morgan fingerprint density at radius 1 is 1.03 bits per heavy atom. The monoisotopic (exact) mass is 557 g/mol. The molecule has 0 saturated heterocycles. The van der Waals surface area contributed by atoms with Crippen molar-refractivity contribution in [2.24, 2.45) is 0 Å². The lowest BCUT2D eigenvalue weighted by atomic mass is 10.1. The minimum absolute atomic E-state index is 0.0844. The average molecular weight is 558 g/mol. The normalized spacial score (nSPS) is 13.6. The van der Waals surface area contributed by atoms with Crippen molar-refractivity contribution in [1.82, 2.24) is 19.9 Å². The molecule has 0 bridgehead atoms. The lowest BCUT2D eigenvalue weighted by Gasteiger charge is -2.12. The Balaban J connectivity index is 1.56. The summed E-state index contributed by atoms with van der Waals surface area (Å²) in [6, 6.07) is 20.2. The van der Waals surface area contributed by atoms with Gasteiger partial charge in [-0.05, 0) is 41.0 Å². The van der Waals surface area contributed by atoms with Gasteiger partial charge in [-0.25, -0.2) is 22.5 Å². The minimum Gasteiger partial charge on any atom is -0.760 e. The number of aromatic nitrogens is 3. The van der Waals surface area contributed by atoms with Crippen molar-refractivity contribution in [2.75, 3.05) is 0 Å². The highest BCUT2D eigenvalue weighted by Crippen LogP contribution is 2.38. The molecule has 3 aromatic carbocycles. The lowest BCUT2D eigenvalue weighted by molar-refractivity contribution is 0.440. The van der Waals surface area contributed by atoms with Gasteiger partial charge in [-0.15, -0.1) is 21.5 Å². The summed E-state index contributed by atoms with van der Waals surface area (Å²) in [4.78, 5) is 4.57. The Hall–Kier alpha value is -3.36. The van der Waals surface area contributed by atoms with Gasteiger partial charge in [-0.3, -0.25) is 4.21 Å². The third-order valence-electron chi connectivity index (χ3n) is 5.42. The molecule has 0 fully saturated rings. The van der Waals surface area contributed by atoms with Gasteiger partial charge in [0.1, 0.15) is 10.8 Å². The summed E-state index contributed by atoms with van der Waals surface area (Å²) >= 11 is -1.38. The zero-order valence-corrected chi connectivity index (χ0v) is 21.4. The molecule has 9 nitrogen and oxygen atoms in total. The number of thiazole rings is 1. The van der Waals surface area contributed by atoms with Crippen molar-refractivity contribution in [2.45, 2.75) is 17.5 Å². The van der Waals surface area contributed by atoms with E-state index < -0.39 is 26.4 Å². The largest absolute Gasteiger partial charge is 0.760 e. The molecule has 2 unspecified atom stereocenters. The molecule has 0 aliphatic carbocycles. The summed E-state index contributed by atoms with van der Waals surface area (Å²) < 4.78 is 70.7. The van der Waals surface area contributed by atoms with E-state index in [1.807, 2.05) is 12.1 Å². The SMILES string of the molecule is O=S([O-])NCc1nnc(C(c2nc3ccc(-c4ccc(F)cc4)cc3s2)S(=O)(=O)Cc2ccccc2)o1. The van der Waals surface area contributed by atoms with Gasteiger partial charge in [-0.2, -0.15) is 0 Å². The van der Waals surface area contributed by atoms with Gasteiger partial charge < -0.3 is 8.97 Å². The fraction of sp³-hybridized carbons (Fsp3) is 0.125. The molecular formula is C24H18FN4O5S3-. The molecule has 2 atom stereocenters. The van der Waals surface area contributed by atoms with E-state index in [9.17, 15) is 21.6 Å². The van der Waals surface area contributed by atoms with Crippen molar-refractivity contribution in [3.05, 3.63) is 101 Å². The second-order valence-electron chi connectivity index (χ2n) is 8.00. The first kappa shape index (κ1) is 25.3. The fourth-order valence-electron chi connectivity index (χ4n) is 3.74. The standard InChI is InChI=1S/C24H19FN4O5S3/c25-18-9-6-16(7-10-18)17-8-11-19-20(12-17)35-24(27-19)22(23-29-28-21(34-23)13-26-36(30)31)37(32,33)14-15-4-2-1-3-5-15/h1-12,22,26H,13-14H2,(H,30,31)/p-1.